The van der Waals surface area contributed by atoms with E-state index in [4.69, 9.17) is 11.6 Å². The Morgan fingerprint density at radius 2 is 1.77 bits per heavy atom. The molecule has 2 fully saturated rings. The lowest BCUT2D eigenvalue weighted by Gasteiger charge is -2.36. The number of aromatic nitrogens is 4. The van der Waals surface area contributed by atoms with Gasteiger partial charge in [0.1, 0.15) is 16.6 Å². The van der Waals surface area contributed by atoms with E-state index in [0.29, 0.717) is 17.7 Å². The van der Waals surface area contributed by atoms with Gasteiger partial charge in [-0.15, -0.1) is 0 Å². The Balaban J connectivity index is 0.974. The Labute approximate surface area is 233 Å². The molecule has 39 heavy (non-hydrogen) atoms. The summed E-state index contributed by atoms with van der Waals surface area (Å²) >= 11 is 6.40. The number of anilines is 2. The summed E-state index contributed by atoms with van der Waals surface area (Å²) in [4.78, 5) is 33.6. The number of halogens is 1. The Kier molecular flexibility index (Phi) is 7.60. The molecule has 0 aromatic carbocycles. The molecule has 202 valence electrons. The van der Waals surface area contributed by atoms with Crippen LogP contribution in [0, 0.1) is 0 Å². The van der Waals surface area contributed by atoms with Crippen molar-refractivity contribution < 1.29 is 4.79 Å². The standard InChI is InChI=1S/C29H33ClN8O/c30-26-16-20(25-18-33-29-24(25)2-1-9-32-29)17-27(36-26)34-21-3-5-22(6-4-21)35-28(39)19-37-12-14-38(15-13-37)23-7-10-31-11-8-23/h1-2,7-11,16-18,21-22H,3-6,12-15,19H2,(H,32,33)(H,34,36)(H,35,39). The van der Waals surface area contributed by atoms with E-state index in [0.717, 1.165) is 79.8 Å². The minimum atomic E-state index is 0.123. The SMILES string of the molecule is O=C(CN1CCN(c2ccncc2)CC1)NC1CCC(Nc2cc(-c3c[nH]c4ncccc34)cc(Cl)n2)CC1. The molecule has 0 spiro atoms. The Morgan fingerprint density at radius 1 is 1.00 bits per heavy atom. The summed E-state index contributed by atoms with van der Waals surface area (Å²) in [5.74, 6) is 0.896. The number of hydrogen-bond acceptors (Lipinski definition) is 7. The molecule has 9 nitrogen and oxygen atoms in total. The van der Waals surface area contributed by atoms with E-state index >= 15 is 0 Å². The van der Waals surface area contributed by atoms with E-state index in [9.17, 15) is 4.79 Å². The summed E-state index contributed by atoms with van der Waals surface area (Å²) in [5.41, 5.74) is 4.09. The molecule has 5 heterocycles. The topological polar surface area (TPSA) is 102 Å². The van der Waals surface area contributed by atoms with E-state index < -0.39 is 0 Å². The lowest BCUT2D eigenvalue weighted by molar-refractivity contribution is -0.123. The minimum absolute atomic E-state index is 0.123. The number of rotatable bonds is 7. The first-order valence-electron chi connectivity index (χ1n) is 13.6. The van der Waals surface area contributed by atoms with Gasteiger partial charge >= 0.3 is 0 Å². The van der Waals surface area contributed by atoms with Crippen molar-refractivity contribution in [1.29, 1.82) is 0 Å². The van der Waals surface area contributed by atoms with E-state index in [1.807, 2.05) is 55.0 Å². The molecule has 1 amide bonds. The number of hydrogen-bond donors (Lipinski definition) is 3. The van der Waals surface area contributed by atoms with Crippen molar-refractivity contribution in [3.05, 3.63) is 66.3 Å². The second-order valence-corrected chi connectivity index (χ2v) is 10.8. The van der Waals surface area contributed by atoms with Crippen LogP contribution in [0.4, 0.5) is 11.5 Å². The number of carbonyl (C=O) groups is 1. The summed E-state index contributed by atoms with van der Waals surface area (Å²) in [6, 6.07) is 12.5. The molecule has 1 saturated carbocycles. The summed E-state index contributed by atoms with van der Waals surface area (Å²) < 4.78 is 0. The number of pyridine rings is 3. The monoisotopic (exact) mass is 544 g/mol. The quantitative estimate of drug-likeness (QED) is 0.297. The van der Waals surface area contributed by atoms with Crippen LogP contribution in [-0.4, -0.2) is 75.6 Å². The fourth-order valence-electron chi connectivity index (χ4n) is 5.71. The highest BCUT2D eigenvalue weighted by atomic mass is 35.5. The first-order valence-corrected chi connectivity index (χ1v) is 14.0. The van der Waals surface area contributed by atoms with E-state index in [-0.39, 0.29) is 11.9 Å². The van der Waals surface area contributed by atoms with Crippen molar-refractivity contribution in [3.63, 3.8) is 0 Å². The zero-order valence-corrected chi connectivity index (χ0v) is 22.6. The predicted octanol–water partition coefficient (Wildman–Crippen LogP) is 4.33. The van der Waals surface area contributed by atoms with Gasteiger partial charge in [0.05, 0.1) is 6.54 Å². The van der Waals surface area contributed by atoms with Crippen LogP contribution in [0.3, 0.4) is 0 Å². The summed E-state index contributed by atoms with van der Waals surface area (Å²) in [6.45, 7) is 4.07. The molecule has 0 atom stereocenters. The highest BCUT2D eigenvalue weighted by Crippen LogP contribution is 2.31. The zero-order valence-electron chi connectivity index (χ0n) is 21.8. The molecule has 0 radical (unpaired) electrons. The Bertz CT molecular complexity index is 1410. The van der Waals surface area contributed by atoms with Crippen LogP contribution in [0.25, 0.3) is 22.2 Å². The maximum absolute atomic E-state index is 12.8. The summed E-state index contributed by atoms with van der Waals surface area (Å²) in [7, 11) is 0. The molecule has 1 saturated heterocycles. The van der Waals surface area contributed by atoms with Crippen molar-refractivity contribution in [1.82, 2.24) is 30.2 Å². The lowest BCUT2D eigenvalue weighted by Crippen LogP contribution is -2.51. The van der Waals surface area contributed by atoms with Crippen molar-refractivity contribution in [3.8, 4) is 11.1 Å². The van der Waals surface area contributed by atoms with Crippen molar-refractivity contribution in [2.45, 2.75) is 37.8 Å². The first-order chi connectivity index (χ1) is 19.1. The van der Waals surface area contributed by atoms with E-state index in [1.165, 1.54) is 5.69 Å². The van der Waals surface area contributed by atoms with Crippen LogP contribution in [0.1, 0.15) is 25.7 Å². The lowest BCUT2D eigenvalue weighted by atomic mass is 9.91. The number of piperazine rings is 1. The molecular formula is C29H33ClN8O. The third kappa shape index (κ3) is 6.15. The highest BCUT2D eigenvalue weighted by Gasteiger charge is 2.25. The van der Waals surface area contributed by atoms with Gasteiger partial charge in [-0.1, -0.05) is 11.6 Å². The molecular weight excluding hydrogens is 512 g/mol. The number of aromatic amines is 1. The number of nitrogens with one attached hydrogen (secondary N) is 3. The van der Waals surface area contributed by atoms with Crippen LogP contribution in [0.2, 0.25) is 5.15 Å². The third-order valence-electron chi connectivity index (χ3n) is 7.77. The second-order valence-electron chi connectivity index (χ2n) is 10.4. The number of H-pyrrole nitrogens is 1. The Morgan fingerprint density at radius 3 is 2.56 bits per heavy atom. The van der Waals surface area contributed by atoms with Crippen LogP contribution >= 0.6 is 11.6 Å². The van der Waals surface area contributed by atoms with E-state index in [2.05, 4.69) is 40.4 Å². The van der Waals surface area contributed by atoms with Gasteiger partial charge in [0.2, 0.25) is 5.91 Å². The van der Waals surface area contributed by atoms with Gasteiger partial charge in [0.15, 0.2) is 0 Å². The van der Waals surface area contributed by atoms with Gasteiger partial charge in [-0.3, -0.25) is 14.7 Å². The largest absolute Gasteiger partial charge is 0.369 e. The van der Waals surface area contributed by atoms with Crippen LogP contribution in [0.5, 0.6) is 0 Å². The molecule has 6 rings (SSSR count). The van der Waals surface area contributed by atoms with Crippen molar-refractivity contribution in [2.24, 2.45) is 0 Å². The molecule has 4 aromatic rings. The zero-order chi connectivity index (χ0) is 26.6. The van der Waals surface area contributed by atoms with Crippen molar-refractivity contribution in [2.75, 3.05) is 42.9 Å². The summed E-state index contributed by atoms with van der Waals surface area (Å²) in [5, 5.41) is 8.36. The molecule has 4 aromatic heterocycles. The average Bonchev–Trinajstić information content (AvgIpc) is 3.39. The molecule has 1 aliphatic heterocycles. The molecule has 2 aliphatic rings. The maximum Gasteiger partial charge on any atom is 0.234 e. The normalized spacial score (nSPS) is 20.2. The fraction of sp³-hybridized carbons (Fsp3) is 0.379. The molecule has 0 unspecified atom stereocenters. The molecule has 3 N–H and O–H groups in total. The van der Waals surface area contributed by atoms with Gasteiger partial charge in [-0.2, -0.15) is 0 Å². The van der Waals surface area contributed by atoms with Gasteiger partial charge in [-0.05, 0) is 67.6 Å². The van der Waals surface area contributed by atoms with Gasteiger partial charge < -0.3 is 20.5 Å². The van der Waals surface area contributed by atoms with Crippen LogP contribution < -0.4 is 15.5 Å². The molecule has 1 aliphatic carbocycles. The second kappa shape index (κ2) is 11.6. The maximum atomic E-state index is 12.8. The van der Waals surface area contributed by atoms with Crippen LogP contribution in [-0.2, 0) is 4.79 Å². The van der Waals surface area contributed by atoms with Gasteiger partial charge in [-0.25, -0.2) is 9.97 Å². The van der Waals surface area contributed by atoms with Crippen molar-refractivity contribution >= 4 is 40.0 Å². The first kappa shape index (κ1) is 25.6. The highest BCUT2D eigenvalue weighted by molar-refractivity contribution is 6.29. The number of nitrogens with zero attached hydrogens (tertiary/aromatic N) is 5. The predicted molar refractivity (Wildman–Crippen MR) is 155 cm³/mol. The number of carbonyl (C=O) groups excluding carboxylic acids is 1. The van der Waals surface area contributed by atoms with E-state index in [1.54, 1.807) is 6.20 Å². The summed E-state index contributed by atoms with van der Waals surface area (Å²) in [6.07, 6.45) is 11.2. The smallest absolute Gasteiger partial charge is 0.234 e. The van der Waals surface area contributed by atoms with Gasteiger partial charge in [0, 0.05) is 79.7 Å². The molecule has 10 heteroatoms. The minimum Gasteiger partial charge on any atom is -0.369 e. The Hall–Kier alpha value is -3.69. The van der Waals surface area contributed by atoms with Gasteiger partial charge in [0.25, 0.3) is 0 Å². The van der Waals surface area contributed by atoms with Crippen LogP contribution in [0.15, 0.2) is 61.2 Å². The number of fused-ring (bicyclic) bond motifs is 1. The third-order valence-corrected chi connectivity index (χ3v) is 7.96. The molecule has 0 bridgehead atoms. The fourth-order valence-corrected chi connectivity index (χ4v) is 5.92. The number of amides is 1. The average molecular weight is 545 g/mol.